The number of aryl methyl sites for hydroxylation is 2. The normalized spacial score (nSPS) is 13.0. The number of furan rings is 1. The number of rotatable bonds is 3. The second-order valence-corrected chi connectivity index (χ2v) is 3.72. The number of aromatic nitrogens is 2. The highest BCUT2D eigenvalue weighted by molar-refractivity contribution is 5.21. The fraction of sp³-hybridized carbons (Fsp3) is 0.364. The molecular formula is C11H15N3O. The van der Waals surface area contributed by atoms with Crippen molar-refractivity contribution in [3.8, 4) is 0 Å². The lowest BCUT2D eigenvalue weighted by Gasteiger charge is -2.08. The maximum Gasteiger partial charge on any atom is 0.105 e. The summed E-state index contributed by atoms with van der Waals surface area (Å²) < 4.78 is 7.00. The molecule has 80 valence electrons. The van der Waals surface area contributed by atoms with E-state index in [4.69, 9.17) is 10.2 Å². The Morgan fingerprint density at radius 3 is 2.87 bits per heavy atom. The third kappa shape index (κ3) is 2.10. The van der Waals surface area contributed by atoms with Crippen molar-refractivity contribution in [2.45, 2.75) is 19.4 Å². The van der Waals surface area contributed by atoms with Gasteiger partial charge in [0.2, 0.25) is 0 Å². The van der Waals surface area contributed by atoms with Crippen LogP contribution in [0.4, 0.5) is 0 Å². The predicted molar refractivity (Wildman–Crippen MR) is 57.3 cm³/mol. The lowest BCUT2D eigenvalue weighted by Crippen LogP contribution is -2.14. The van der Waals surface area contributed by atoms with Gasteiger partial charge < -0.3 is 10.2 Å². The van der Waals surface area contributed by atoms with Crippen LogP contribution in [-0.2, 0) is 13.5 Å². The molecule has 15 heavy (non-hydrogen) atoms. The van der Waals surface area contributed by atoms with Gasteiger partial charge in [0, 0.05) is 31.3 Å². The van der Waals surface area contributed by atoms with Gasteiger partial charge in [-0.3, -0.25) is 4.68 Å². The molecule has 1 atom stereocenters. The zero-order valence-electron chi connectivity index (χ0n) is 8.97. The van der Waals surface area contributed by atoms with E-state index >= 15 is 0 Å². The molecule has 0 radical (unpaired) electrons. The molecule has 1 unspecified atom stereocenters. The first-order chi connectivity index (χ1) is 7.16. The summed E-state index contributed by atoms with van der Waals surface area (Å²) in [6.45, 7) is 1.92. The monoisotopic (exact) mass is 205 g/mol. The molecule has 0 saturated carbocycles. The van der Waals surface area contributed by atoms with Crippen LogP contribution in [0.2, 0.25) is 0 Å². The molecule has 2 aromatic rings. The Morgan fingerprint density at radius 1 is 1.53 bits per heavy atom. The summed E-state index contributed by atoms with van der Waals surface area (Å²) >= 11 is 0. The van der Waals surface area contributed by atoms with Crippen LogP contribution in [0.25, 0.3) is 0 Å². The maximum atomic E-state index is 6.07. The first kappa shape index (κ1) is 9.98. The highest BCUT2D eigenvalue weighted by Gasteiger charge is 2.12. The summed E-state index contributed by atoms with van der Waals surface area (Å²) in [5.74, 6) is 0.887. The highest BCUT2D eigenvalue weighted by Crippen LogP contribution is 2.19. The number of hydrogen-bond acceptors (Lipinski definition) is 3. The molecule has 0 bridgehead atoms. The van der Waals surface area contributed by atoms with Crippen LogP contribution < -0.4 is 5.73 Å². The molecule has 2 N–H and O–H groups in total. The van der Waals surface area contributed by atoms with Crippen molar-refractivity contribution in [1.82, 2.24) is 9.78 Å². The maximum absolute atomic E-state index is 6.07. The molecule has 2 rings (SSSR count). The molecular weight excluding hydrogens is 190 g/mol. The van der Waals surface area contributed by atoms with Crippen molar-refractivity contribution < 1.29 is 4.42 Å². The zero-order valence-corrected chi connectivity index (χ0v) is 8.97. The second-order valence-electron chi connectivity index (χ2n) is 3.72. The highest BCUT2D eigenvalue weighted by atomic mass is 16.3. The van der Waals surface area contributed by atoms with E-state index in [1.807, 2.05) is 32.3 Å². The van der Waals surface area contributed by atoms with Crippen LogP contribution in [0.3, 0.4) is 0 Å². The fourth-order valence-corrected chi connectivity index (χ4v) is 1.69. The molecule has 4 heteroatoms. The predicted octanol–water partition coefficient (Wildman–Crippen LogP) is 1.56. The van der Waals surface area contributed by atoms with Gasteiger partial charge in [-0.25, -0.2) is 0 Å². The molecule has 0 amide bonds. The van der Waals surface area contributed by atoms with Gasteiger partial charge in [0.15, 0.2) is 0 Å². The summed E-state index contributed by atoms with van der Waals surface area (Å²) in [6.07, 6.45) is 4.33. The van der Waals surface area contributed by atoms with E-state index in [9.17, 15) is 0 Å². The molecule has 0 aliphatic carbocycles. The van der Waals surface area contributed by atoms with Gasteiger partial charge in [-0.05, 0) is 19.1 Å². The Morgan fingerprint density at radius 2 is 2.33 bits per heavy atom. The van der Waals surface area contributed by atoms with Gasteiger partial charge in [0.25, 0.3) is 0 Å². The lowest BCUT2D eigenvalue weighted by molar-refractivity contribution is 0.523. The minimum Gasteiger partial charge on any atom is -0.469 e. The zero-order chi connectivity index (χ0) is 10.8. The van der Waals surface area contributed by atoms with E-state index in [-0.39, 0.29) is 6.04 Å². The second kappa shape index (κ2) is 3.90. The minimum absolute atomic E-state index is 0.0429. The first-order valence-corrected chi connectivity index (χ1v) is 4.95. The molecule has 0 spiro atoms. The van der Waals surface area contributed by atoms with Crippen LogP contribution in [0.1, 0.15) is 23.1 Å². The molecule has 0 aliphatic rings. The Kier molecular flexibility index (Phi) is 2.60. The molecule has 2 aromatic heterocycles. The fourth-order valence-electron chi connectivity index (χ4n) is 1.69. The van der Waals surface area contributed by atoms with Gasteiger partial charge >= 0.3 is 0 Å². The van der Waals surface area contributed by atoms with Crippen molar-refractivity contribution in [1.29, 1.82) is 0 Å². The average Bonchev–Trinajstić information content (AvgIpc) is 2.75. The van der Waals surface area contributed by atoms with Crippen LogP contribution in [0.15, 0.2) is 29.0 Å². The molecule has 0 fully saturated rings. The summed E-state index contributed by atoms with van der Waals surface area (Å²) in [5, 5.41) is 4.30. The summed E-state index contributed by atoms with van der Waals surface area (Å²) in [7, 11) is 1.90. The Bertz CT molecular complexity index is 444. The van der Waals surface area contributed by atoms with Crippen LogP contribution in [-0.4, -0.2) is 9.78 Å². The number of nitrogens with zero attached hydrogens (tertiary/aromatic N) is 2. The third-order valence-electron chi connectivity index (χ3n) is 2.50. The number of hydrogen-bond donors (Lipinski definition) is 1. The van der Waals surface area contributed by atoms with Gasteiger partial charge in [-0.15, -0.1) is 0 Å². The van der Waals surface area contributed by atoms with E-state index < -0.39 is 0 Å². The first-order valence-electron chi connectivity index (χ1n) is 4.95. The SMILES string of the molecule is Cc1occc1C(N)Cc1ccn(C)n1. The van der Waals surface area contributed by atoms with Crippen LogP contribution in [0.5, 0.6) is 0 Å². The van der Waals surface area contributed by atoms with Crippen LogP contribution in [0, 0.1) is 6.92 Å². The summed E-state index contributed by atoms with van der Waals surface area (Å²) in [4.78, 5) is 0. The quantitative estimate of drug-likeness (QED) is 0.827. The van der Waals surface area contributed by atoms with E-state index in [0.29, 0.717) is 0 Å². The molecule has 2 heterocycles. The van der Waals surface area contributed by atoms with Crippen molar-refractivity contribution in [2.24, 2.45) is 12.8 Å². The van der Waals surface area contributed by atoms with Gasteiger partial charge in [-0.2, -0.15) is 5.10 Å². The van der Waals surface area contributed by atoms with E-state index in [2.05, 4.69) is 5.10 Å². The van der Waals surface area contributed by atoms with Gasteiger partial charge in [-0.1, -0.05) is 0 Å². The smallest absolute Gasteiger partial charge is 0.105 e. The van der Waals surface area contributed by atoms with E-state index in [0.717, 1.165) is 23.4 Å². The standard InChI is InChI=1S/C11H15N3O/c1-8-10(4-6-15-8)11(12)7-9-3-5-14(2)13-9/h3-6,11H,7,12H2,1-2H3. The Labute approximate surface area is 88.7 Å². The van der Waals surface area contributed by atoms with Gasteiger partial charge in [0.05, 0.1) is 12.0 Å². The number of nitrogens with two attached hydrogens (primary N) is 1. The Balaban J connectivity index is 2.10. The molecule has 4 nitrogen and oxygen atoms in total. The molecule has 0 aromatic carbocycles. The summed E-state index contributed by atoms with van der Waals surface area (Å²) in [5.41, 5.74) is 8.13. The van der Waals surface area contributed by atoms with Gasteiger partial charge in [0.1, 0.15) is 5.76 Å². The third-order valence-corrected chi connectivity index (χ3v) is 2.50. The molecule has 0 aliphatic heterocycles. The molecule has 0 saturated heterocycles. The van der Waals surface area contributed by atoms with Crippen molar-refractivity contribution in [3.05, 3.63) is 41.6 Å². The lowest BCUT2D eigenvalue weighted by atomic mass is 10.0. The topological polar surface area (TPSA) is 57.0 Å². The van der Waals surface area contributed by atoms with E-state index in [1.54, 1.807) is 10.9 Å². The van der Waals surface area contributed by atoms with E-state index in [1.165, 1.54) is 0 Å². The minimum atomic E-state index is -0.0429. The Hall–Kier alpha value is -1.55. The summed E-state index contributed by atoms with van der Waals surface area (Å²) in [6, 6.07) is 3.86. The van der Waals surface area contributed by atoms with Crippen molar-refractivity contribution in [3.63, 3.8) is 0 Å². The largest absolute Gasteiger partial charge is 0.469 e. The van der Waals surface area contributed by atoms with Crippen molar-refractivity contribution >= 4 is 0 Å². The van der Waals surface area contributed by atoms with Crippen LogP contribution >= 0.6 is 0 Å². The average molecular weight is 205 g/mol. The van der Waals surface area contributed by atoms with Crippen molar-refractivity contribution in [2.75, 3.05) is 0 Å².